The zero-order chi connectivity index (χ0) is 19.3. The Labute approximate surface area is 152 Å². The van der Waals surface area contributed by atoms with Crippen LogP contribution < -0.4 is 15.5 Å². The number of benzene rings is 1. The molecule has 0 aromatic heterocycles. The van der Waals surface area contributed by atoms with E-state index < -0.39 is 5.82 Å². The van der Waals surface area contributed by atoms with E-state index in [1.807, 2.05) is 13.8 Å². The van der Waals surface area contributed by atoms with Gasteiger partial charge in [-0.1, -0.05) is 12.6 Å². The van der Waals surface area contributed by atoms with Crippen molar-refractivity contribution in [1.29, 1.82) is 0 Å². The number of nitrogens with one attached hydrogen (secondary N) is 2. The van der Waals surface area contributed by atoms with Crippen LogP contribution in [-0.2, 0) is 9.59 Å². The standard InChI is InChI=1S/C19H23FN4O2/c1-12-15(13(2)23-14(3)22-12)8-9-18(26)24(10-11-25)17-7-5-6-16(20)19(17)21-4/h5-7,11,21H,1,8-10H2,2-4H3,(H,22,23). The fourth-order valence-corrected chi connectivity index (χ4v) is 2.95. The summed E-state index contributed by atoms with van der Waals surface area (Å²) in [5, 5.41) is 5.80. The Balaban J connectivity index is 2.23. The quantitative estimate of drug-likeness (QED) is 0.735. The molecule has 1 heterocycles. The molecule has 1 aliphatic rings. The van der Waals surface area contributed by atoms with E-state index in [1.165, 1.54) is 17.0 Å². The molecular formula is C19H23FN4O2. The molecular weight excluding hydrogens is 335 g/mol. The number of halogens is 1. The third kappa shape index (κ3) is 4.17. The lowest BCUT2D eigenvalue weighted by Gasteiger charge is -2.25. The van der Waals surface area contributed by atoms with Gasteiger partial charge in [0.1, 0.15) is 17.9 Å². The first-order valence-corrected chi connectivity index (χ1v) is 8.30. The smallest absolute Gasteiger partial charge is 0.227 e. The molecule has 26 heavy (non-hydrogen) atoms. The van der Waals surface area contributed by atoms with E-state index in [4.69, 9.17) is 0 Å². The van der Waals surface area contributed by atoms with Crippen LogP contribution in [0.5, 0.6) is 0 Å². The molecule has 0 saturated carbocycles. The van der Waals surface area contributed by atoms with Gasteiger partial charge in [0, 0.05) is 24.9 Å². The predicted octanol–water partition coefficient (Wildman–Crippen LogP) is 2.99. The molecule has 2 N–H and O–H groups in total. The van der Waals surface area contributed by atoms with Crippen LogP contribution in [0.25, 0.3) is 0 Å². The lowest BCUT2D eigenvalue weighted by atomic mass is 10.0. The summed E-state index contributed by atoms with van der Waals surface area (Å²) in [6, 6.07) is 4.41. The Morgan fingerprint density at radius 2 is 2.15 bits per heavy atom. The first kappa shape index (κ1) is 19.4. The van der Waals surface area contributed by atoms with Crippen LogP contribution in [0.2, 0.25) is 0 Å². The topological polar surface area (TPSA) is 73.8 Å². The van der Waals surface area contributed by atoms with Crippen molar-refractivity contribution >= 4 is 29.4 Å². The number of amides is 1. The fraction of sp³-hybridized carbons (Fsp3) is 0.316. The minimum Gasteiger partial charge on any atom is -0.384 e. The SMILES string of the molecule is C=C1NC(C)=NC(C)=C1CCC(=O)N(CC=O)c1cccc(F)c1NC. The zero-order valence-electron chi connectivity index (χ0n) is 15.2. The second-order valence-electron chi connectivity index (χ2n) is 5.92. The Kier molecular flexibility index (Phi) is 6.27. The average molecular weight is 358 g/mol. The highest BCUT2D eigenvalue weighted by molar-refractivity contribution is 5.99. The largest absolute Gasteiger partial charge is 0.384 e. The number of aldehydes is 1. The molecule has 138 valence electrons. The van der Waals surface area contributed by atoms with Crippen molar-refractivity contribution in [2.24, 2.45) is 4.99 Å². The van der Waals surface area contributed by atoms with Gasteiger partial charge in [-0.15, -0.1) is 0 Å². The Morgan fingerprint density at radius 1 is 1.42 bits per heavy atom. The summed E-state index contributed by atoms with van der Waals surface area (Å²) in [5.74, 6) is -0.0101. The summed E-state index contributed by atoms with van der Waals surface area (Å²) in [7, 11) is 1.57. The molecule has 1 amide bonds. The van der Waals surface area contributed by atoms with Crippen LogP contribution in [0.3, 0.4) is 0 Å². The second-order valence-corrected chi connectivity index (χ2v) is 5.92. The minimum absolute atomic E-state index is 0.147. The Morgan fingerprint density at radius 3 is 2.77 bits per heavy atom. The number of rotatable bonds is 7. The maximum absolute atomic E-state index is 14.0. The molecule has 6 nitrogen and oxygen atoms in total. The van der Waals surface area contributed by atoms with Gasteiger partial charge in [0.25, 0.3) is 0 Å². The van der Waals surface area contributed by atoms with Gasteiger partial charge >= 0.3 is 0 Å². The number of hydrogen-bond acceptors (Lipinski definition) is 5. The number of amidine groups is 1. The summed E-state index contributed by atoms with van der Waals surface area (Å²) < 4.78 is 14.0. The van der Waals surface area contributed by atoms with E-state index in [9.17, 15) is 14.0 Å². The van der Waals surface area contributed by atoms with E-state index in [-0.39, 0.29) is 24.6 Å². The summed E-state index contributed by atoms with van der Waals surface area (Å²) in [4.78, 5) is 29.4. The highest BCUT2D eigenvalue weighted by Crippen LogP contribution is 2.29. The molecule has 0 spiro atoms. The van der Waals surface area contributed by atoms with Crippen molar-refractivity contribution in [3.8, 4) is 0 Å². The van der Waals surface area contributed by atoms with Crippen LogP contribution >= 0.6 is 0 Å². The molecule has 1 aliphatic heterocycles. The number of allylic oxidation sites excluding steroid dienone is 2. The van der Waals surface area contributed by atoms with Crippen LogP contribution in [-0.4, -0.2) is 31.6 Å². The number of carbonyl (C=O) groups is 2. The van der Waals surface area contributed by atoms with Crippen LogP contribution in [0, 0.1) is 5.82 Å². The predicted molar refractivity (Wildman–Crippen MR) is 102 cm³/mol. The minimum atomic E-state index is -0.484. The molecule has 0 bridgehead atoms. The van der Waals surface area contributed by atoms with Gasteiger partial charge in [0.05, 0.1) is 17.9 Å². The molecule has 0 saturated heterocycles. The van der Waals surface area contributed by atoms with Crippen LogP contribution in [0.15, 0.2) is 46.7 Å². The molecule has 0 unspecified atom stereocenters. The zero-order valence-corrected chi connectivity index (χ0v) is 15.2. The van der Waals surface area contributed by atoms with Crippen LogP contribution in [0.4, 0.5) is 15.8 Å². The van der Waals surface area contributed by atoms with Crippen molar-refractivity contribution < 1.29 is 14.0 Å². The first-order valence-electron chi connectivity index (χ1n) is 8.30. The van der Waals surface area contributed by atoms with Gasteiger partial charge in [-0.05, 0) is 38.0 Å². The maximum atomic E-state index is 14.0. The van der Waals surface area contributed by atoms with E-state index in [1.54, 1.807) is 13.1 Å². The molecule has 0 atom stereocenters. The molecule has 0 aliphatic carbocycles. The van der Waals surface area contributed by atoms with E-state index in [2.05, 4.69) is 22.2 Å². The fourth-order valence-electron chi connectivity index (χ4n) is 2.95. The van der Waals surface area contributed by atoms with E-state index in [0.717, 1.165) is 17.1 Å². The Hall–Kier alpha value is -2.96. The van der Waals surface area contributed by atoms with Crippen molar-refractivity contribution in [2.75, 3.05) is 23.8 Å². The molecule has 7 heteroatoms. The lowest BCUT2D eigenvalue weighted by Crippen LogP contribution is -2.33. The number of anilines is 2. The summed E-state index contributed by atoms with van der Waals surface area (Å²) in [5.41, 5.74) is 2.91. The van der Waals surface area contributed by atoms with Gasteiger partial charge < -0.3 is 20.3 Å². The third-order valence-electron chi connectivity index (χ3n) is 4.15. The number of nitrogens with zero attached hydrogens (tertiary/aromatic N) is 2. The van der Waals surface area contributed by atoms with Crippen molar-refractivity contribution in [2.45, 2.75) is 26.7 Å². The molecule has 2 rings (SSSR count). The summed E-state index contributed by atoms with van der Waals surface area (Å²) in [6.07, 6.45) is 1.20. The van der Waals surface area contributed by atoms with Crippen LogP contribution in [0.1, 0.15) is 26.7 Å². The normalized spacial score (nSPS) is 13.8. The van der Waals surface area contributed by atoms with Gasteiger partial charge in [0.2, 0.25) is 5.91 Å². The molecule has 1 aromatic carbocycles. The molecule has 0 fully saturated rings. The van der Waals surface area contributed by atoms with Crippen molar-refractivity contribution in [3.63, 3.8) is 0 Å². The van der Waals surface area contributed by atoms with Gasteiger partial charge in [-0.3, -0.25) is 4.79 Å². The third-order valence-corrected chi connectivity index (χ3v) is 4.15. The van der Waals surface area contributed by atoms with E-state index >= 15 is 0 Å². The number of carbonyl (C=O) groups excluding carboxylic acids is 2. The highest BCUT2D eigenvalue weighted by atomic mass is 19.1. The molecule has 1 aromatic rings. The highest BCUT2D eigenvalue weighted by Gasteiger charge is 2.22. The molecule has 0 radical (unpaired) electrons. The number of aliphatic imine (C=N–C) groups is 1. The van der Waals surface area contributed by atoms with Gasteiger partial charge in [-0.25, -0.2) is 9.38 Å². The monoisotopic (exact) mass is 358 g/mol. The van der Waals surface area contributed by atoms with Crippen molar-refractivity contribution in [1.82, 2.24) is 5.32 Å². The van der Waals surface area contributed by atoms with E-state index in [0.29, 0.717) is 24.1 Å². The number of hydrogen-bond donors (Lipinski definition) is 2. The lowest BCUT2D eigenvalue weighted by molar-refractivity contribution is -0.119. The Bertz CT molecular complexity index is 799. The number of para-hydroxylation sites is 1. The maximum Gasteiger partial charge on any atom is 0.227 e. The van der Waals surface area contributed by atoms with Gasteiger partial charge in [-0.2, -0.15) is 0 Å². The first-order chi connectivity index (χ1) is 12.4. The second kappa shape index (κ2) is 8.42. The van der Waals surface area contributed by atoms with Crippen molar-refractivity contribution in [3.05, 3.63) is 47.6 Å². The van der Waals surface area contributed by atoms with Gasteiger partial charge in [0.15, 0.2) is 0 Å². The average Bonchev–Trinajstić information content (AvgIpc) is 2.58. The summed E-state index contributed by atoms with van der Waals surface area (Å²) in [6.45, 7) is 7.52. The summed E-state index contributed by atoms with van der Waals surface area (Å²) >= 11 is 0.